The van der Waals surface area contributed by atoms with Crippen LogP contribution in [0.2, 0.25) is 0 Å². The van der Waals surface area contributed by atoms with E-state index in [0.717, 1.165) is 28.2 Å². The molecule has 0 fully saturated rings. The number of aryl methyl sites for hydroxylation is 2. The van der Waals surface area contributed by atoms with E-state index in [-0.39, 0.29) is 33.3 Å². The molecule has 32 heavy (non-hydrogen) atoms. The molecule has 1 aromatic heterocycles. The van der Waals surface area contributed by atoms with Crippen molar-refractivity contribution in [3.63, 3.8) is 0 Å². The fourth-order valence-corrected chi connectivity index (χ4v) is 3.57. The van der Waals surface area contributed by atoms with Crippen LogP contribution in [0.25, 0.3) is 33.2 Å². The summed E-state index contributed by atoms with van der Waals surface area (Å²) in [4.78, 5) is 9.00. The van der Waals surface area contributed by atoms with Gasteiger partial charge in [0.25, 0.3) is 0 Å². The summed E-state index contributed by atoms with van der Waals surface area (Å²) >= 11 is 0. The summed E-state index contributed by atoms with van der Waals surface area (Å²) in [6.45, 7) is 7.26. The number of nitrogens with zero attached hydrogens (tertiary/aromatic N) is 2. The molecule has 170 valence electrons. The van der Waals surface area contributed by atoms with Crippen LogP contribution in [0.3, 0.4) is 0 Å². The molecule has 0 aliphatic rings. The zero-order valence-corrected chi connectivity index (χ0v) is 21.1. The van der Waals surface area contributed by atoms with Crippen molar-refractivity contribution in [1.29, 1.82) is 0 Å². The molecule has 0 radical (unpaired) electrons. The maximum atomic E-state index is 8.56. The Labute approximate surface area is 204 Å². The van der Waals surface area contributed by atoms with Crippen LogP contribution in [0.4, 0.5) is 0 Å². The fraction of sp³-hybridized carbons (Fsp3) is 0.259. The van der Waals surface area contributed by atoms with Gasteiger partial charge in [0, 0.05) is 38.6 Å². The van der Waals surface area contributed by atoms with Crippen LogP contribution in [-0.4, -0.2) is 32.4 Å². The van der Waals surface area contributed by atoms with Gasteiger partial charge >= 0.3 is 0 Å². The van der Waals surface area contributed by atoms with Crippen molar-refractivity contribution < 1.29 is 31.3 Å². The fourth-order valence-electron chi connectivity index (χ4n) is 3.57. The molecule has 4 rings (SSSR count). The zero-order valence-electron chi connectivity index (χ0n) is 18.8. The van der Waals surface area contributed by atoms with Gasteiger partial charge in [0.1, 0.15) is 0 Å². The molecule has 0 bridgehead atoms. The molecule has 4 aromatic rings. The number of hydrogen-bond donors (Lipinski definition) is 2. The summed E-state index contributed by atoms with van der Waals surface area (Å²) < 4.78 is 0. The zero-order chi connectivity index (χ0) is 22.4. The van der Waals surface area contributed by atoms with E-state index in [1.165, 1.54) is 16.3 Å². The Balaban J connectivity index is 0.000000398. The van der Waals surface area contributed by atoms with E-state index < -0.39 is 0 Å². The predicted molar refractivity (Wildman–Crippen MR) is 127 cm³/mol. The van der Waals surface area contributed by atoms with Crippen molar-refractivity contribution in [3.05, 3.63) is 84.3 Å². The molecule has 0 saturated heterocycles. The van der Waals surface area contributed by atoms with Gasteiger partial charge in [0.2, 0.25) is 0 Å². The largest absolute Gasteiger partial charge is 0.393 e. The molecule has 0 aliphatic carbocycles. The normalized spacial score (nSPS) is 12.3. The Bertz CT molecular complexity index is 1130. The number of aliphatic hydroxyl groups is 2. The first-order valence-electron chi connectivity index (χ1n) is 10.5. The third-order valence-electron chi connectivity index (χ3n) is 4.92. The topological polar surface area (TPSA) is 66.2 Å². The van der Waals surface area contributed by atoms with Gasteiger partial charge in [-0.15, -0.1) is 29.8 Å². The molecular weight excluding hydrogens is 579 g/mol. The molecule has 5 heteroatoms. The third-order valence-corrected chi connectivity index (χ3v) is 4.92. The number of aromatic nitrogens is 2. The Morgan fingerprint density at radius 2 is 1.59 bits per heavy atom. The summed E-state index contributed by atoms with van der Waals surface area (Å²) in [7, 11) is 0. The Hall–Kier alpha value is -2.39. The monoisotopic (exact) mass is 608 g/mol. The van der Waals surface area contributed by atoms with E-state index in [9.17, 15) is 0 Å². The van der Waals surface area contributed by atoms with E-state index in [1.807, 2.05) is 19.9 Å². The smallest absolute Gasteiger partial charge is 0.0539 e. The second-order valence-corrected chi connectivity index (χ2v) is 7.90. The molecule has 2 unspecified atom stereocenters. The van der Waals surface area contributed by atoms with Crippen molar-refractivity contribution in [2.75, 3.05) is 0 Å². The van der Waals surface area contributed by atoms with Crippen molar-refractivity contribution >= 4 is 10.8 Å². The minimum absolute atomic E-state index is 0. The number of hydrogen-bond acceptors (Lipinski definition) is 4. The molecule has 1 heterocycles. The van der Waals surface area contributed by atoms with Crippen LogP contribution in [0.1, 0.15) is 31.7 Å². The SMILES string of the molecule is CC(O)CC(C)O.Cc1cnc(-c2[c-]cc(-c3cccc4ccccc34)cc2)c(C)n1.[Pt]. The van der Waals surface area contributed by atoms with Gasteiger partial charge in [-0.25, -0.2) is 0 Å². The van der Waals surface area contributed by atoms with Crippen LogP contribution in [0.15, 0.2) is 66.9 Å². The molecule has 3 aromatic carbocycles. The van der Waals surface area contributed by atoms with E-state index in [4.69, 9.17) is 10.2 Å². The molecule has 0 saturated carbocycles. The second kappa shape index (κ2) is 12.0. The van der Waals surface area contributed by atoms with E-state index >= 15 is 0 Å². The quantitative estimate of drug-likeness (QED) is 0.300. The molecule has 0 aliphatic heterocycles. The van der Waals surface area contributed by atoms with Crippen LogP contribution in [-0.2, 0) is 21.1 Å². The van der Waals surface area contributed by atoms with Gasteiger partial charge in [-0.2, -0.15) is 0 Å². The molecule has 0 spiro atoms. The van der Waals surface area contributed by atoms with Crippen LogP contribution >= 0.6 is 0 Å². The van der Waals surface area contributed by atoms with Gasteiger partial charge in [-0.05, 0) is 44.9 Å². The molecule has 2 N–H and O–H groups in total. The van der Waals surface area contributed by atoms with Crippen molar-refractivity contribution in [2.45, 2.75) is 46.3 Å². The van der Waals surface area contributed by atoms with Crippen molar-refractivity contribution in [2.24, 2.45) is 0 Å². The van der Waals surface area contributed by atoms with Gasteiger partial charge in [0.15, 0.2) is 0 Å². The standard InChI is InChI=1S/C22H17N2.C5H12O2.Pt/c1-15-14-23-22(16(2)24-15)19-12-10-18(11-13-19)21-9-5-7-17-6-3-4-8-20(17)21;1-4(6)3-5(2)7;/h3-12,14H,1-2H3;4-7H,3H2,1-2H3;/q-1;;. The molecular formula is C27H29N2O2Pt-. The van der Waals surface area contributed by atoms with Gasteiger partial charge in [-0.1, -0.05) is 53.6 Å². The first-order valence-corrected chi connectivity index (χ1v) is 10.5. The Morgan fingerprint density at radius 1 is 0.906 bits per heavy atom. The van der Waals surface area contributed by atoms with Gasteiger partial charge in [-0.3, -0.25) is 4.98 Å². The van der Waals surface area contributed by atoms with Crippen LogP contribution in [0, 0.1) is 19.9 Å². The summed E-state index contributed by atoms with van der Waals surface area (Å²) in [6.07, 6.45) is 1.52. The number of benzene rings is 3. The Kier molecular flexibility index (Phi) is 9.71. The average molecular weight is 609 g/mol. The first kappa shape index (κ1) is 25.9. The van der Waals surface area contributed by atoms with Crippen molar-refractivity contribution in [3.8, 4) is 22.4 Å². The van der Waals surface area contributed by atoms with Crippen LogP contribution in [0.5, 0.6) is 0 Å². The molecule has 2 atom stereocenters. The Morgan fingerprint density at radius 3 is 2.19 bits per heavy atom. The van der Waals surface area contributed by atoms with E-state index in [2.05, 4.69) is 70.6 Å². The van der Waals surface area contributed by atoms with Crippen molar-refractivity contribution in [1.82, 2.24) is 9.97 Å². The van der Waals surface area contributed by atoms with E-state index in [1.54, 1.807) is 20.0 Å². The number of fused-ring (bicyclic) bond motifs is 1. The maximum absolute atomic E-state index is 8.56. The molecule has 4 nitrogen and oxygen atoms in total. The number of aliphatic hydroxyl groups excluding tert-OH is 2. The average Bonchev–Trinajstić information content (AvgIpc) is 2.73. The second-order valence-electron chi connectivity index (χ2n) is 7.90. The van der Waals surface area contributed by atoms with E-state index in [0.29, 0.717) is 6.42 Å². The first-order chi connectivity index (χ1) is 14.8. The summed E-state index contributed by atoms with van der Waals surface area (Å²) in [6, 6.07) is 24.5. The maximum Gasteiger partial charge on any atom is 0.0539 e. The predicted octanol–water partition coefficient (Wildman–Crippen LogP) is 5.52. The van der Waals surface area contributed by atoms with Crippen LogP contribution < -0.4 is 0 Å². The van der Waals surface area contributed by atoms with Gasteiger partial charge < -0.3 is 15.2 Å². The van der Waals surface area contributed by atoms with Gasteiger partial charge in [0.05, 0.1) is 17.9 Å². The summed E-state index contributed by atoms with van der Waals surface area (Å²) in [5.41, 5.74) is 6.12. The molecule has 0 amide bonds. The minimum atomic E-state index is -0.375. The summed E-state index contributed by atoms with van der Waals surface area (Å²) in [5, 5.41) is 19.6. The summed E-state index contributed by atoms with van der Waals surface area (Å²) in [5.74, 6) is 0. The minimum Gasteiger partial charge on any atom is -0.393 e. The number of rotatable bonds is 4. The third kappa shape index (κ3) is 6.80.